The minimum Gasteiger partial charge on any atom is -0.348 e. The van der Waals surface area contributed by atoms with Gasteiger partial charge in [-0.15, -0.1) is 11.3 Å². The van der Waals surface area contributed by atoms with Crippen molar-refractivity contribution >= 4 is 16.5 Å². The summed E-state index contributed by atoms with van der Waals surface area (Å²) >= 11 is 1.78. The zero-order valence-corrected chi connectivity index (χ0v) is 12.2. The fourth-order valence-electron chi connectivity index (χ4n) is 2.76. The molecule has 1 aliphatic rings. The van der Waals surface area contributed by atoms with Crippen LogP contribution in [-0.2, 0) is 6.42 Å². The summed E-state index contributed by atoms with van der Waals surface area (Å²) in [4.78, 5) is 7.03. The molecule has 0 saturated carbocycles. The summed E-state index contributed by atoms with van der Waals surface area (Å²) in [6, 6.07) is 10.9. The second-order valence-corrected chi connectivity index (χ2v) is 6.23. The summed E-state index contributed by atoms with van der Waals surface area (Å²) in [5, 5.41) is 3.35. The number of thiazole rings is 1. The molecule has 1 aliphatic heterocycles. The van der Waals surface area contributed by atoms with Crippen molar-refractivity contribution < 1.29 is 0 Å². The topological polar surface area (TPSA) is 16.1 Å². The van der Waals surface area contributed by atoms with Gasteiger partial charge in [0.05, 0.1) is 5.69 Å². The minimum absolute atomic E-state index is 0.833. The van der Waals surface area contributed by atoms with E-state index >= 15 is 0 Å². The van der Waals surface area contributed by atoms with E-state index in [1.54, 1.807) is 11.3 Å². The van der Waals surface area contributed by atoms with Crippen molar-refractivity contribution in [1.82, 2.24) is 4.98 Å². The zero-order chi connectivity index (χ0) is 13.1. The van der Waals surface area contributed by atoms with Crippen LogP contribution in [0.2, 0.25) is 0 Å². The Morgan fingerprint density at radius 1 is 1.21 bits per heavy atom. The van der Waals surface area contributed by atoms with Crippen LogP contribution in [0.4, 0.5) is 5.13 Å². The van der Waals surface area contributed by atoms with E-state index in [1.807, 2.05) is 0 Å². The SMILES string of the molecule is Cc1csc(N2CCC(Cc3ccccc3)CC2)n1. The molecule has 3 heteroatoms. The molecular formula is C16H20N2S. The molecule has 1 saturated heterocycles. The Morgan fingerprint density at radius 3 is 2.58 bits per heavy atom. The Balaban J connectivity index is 1.55. The molecule has 1 aromatic heterocycles. The summed E-state index contributed by atoms with van der Waals surface area (Å²) in [5.74, 6) is 0.833. The van der Waals surface area contributed by atoms with Crippen LogP contribution in [0.3, 0.4) is 0 Å². The third-order valence-corrected chi connectivity index (χ3v) is 4.88. The zero-order valence-electron chi connectivity index (χ0n) is 11.4. The standard InChI is InChI=1S/C16H20N2S/c1-13-12-19-16(17-13)18-9-7-15(8-10-18)11-14-5-3-2-4-6-14/h2-6,12,15H,7-11H2,1H3. The number of hydrogen-bond acceptors (Lipinski definition) is 3. The maximum Gasteiger partial charge on any atom is 0.185 e. The smallest absolute Gasteiger partial charge is 0.185 e. The Morgan fingerprint density at radius 2 is 1.95 bits per heavy atom. The fourth-order valence-corrected chi connectivity index (χ4v) is 3.62. The molecule has 0 unspecified atom stereocenters. The van der Waals surface area contributed by atoms with Crippen molar-refractivity contribution in [2.75, 3.05) is 18.0 Å². The normalized spacial score (nSPS) is 16.8. The van der Waals surface area contributed by atoms with Gasteiger partial charge in [-0.05, 0) is 37.7 Å². The molecule has 3 rings (SSSR count). The lowest BCUT2D eigenvalue weighted by atomic mass is 9.90. The van der Waals surface area contributed by atoms with Crippen LogP contribution in [0.25, 0.3) is 0 Å². The summed E-state index contributed by atoms with van der Waals surface area (Å²) in [5.41, 5.74) is 2.62. The first kappa shape index (κ1) is 12.7. The first-order valence-corrected chi connectivity index (χ1v) is 7.90. The van der Waals surface area contributed by atoms with Gasteiger partial charge in [-0.1, -0.05) is 30.3 Å². The maximum absolute atomic E-state index is 4.59. The number of anilines is 1. The Labute approximate surface area is 119 Å². The second-order valence-electron chi connectivity index (χ2n) is 5.39. The number of piperidine rings is 1. The van der Waals surface area contributed by atoms with Crippen molar-refractivity contribution in [3.05, 3.63) is 47.0 Å². The number of rotatable bonds is 3. The summed E-state index contributed by atoms with van der Waals surface area (Å²) in [7, 11) is 0. The highest BCUT2D eigenvalue weighted by Gasteiger charge is 2.21. The van der Waals surface area contributed by atoms with Gasteiger partial charge in [0.2, 0.25) is 0 Å². The van der Waals surface area contributed by atoms with Gasteiger partial charge in [-0.25, -0.2) is 4.98 Å². The Bertz CT molecular complexity index is 513. The van der Waals surface area contributed by atoms with Crippen LogP contribution < -0.4 is 4.90 Å². The van der Waals surface area contributed by atoms with E-state index in [9.17, 15) is 0 Å². The predicted octanol–water partition coefficient (Wildman–Crippen LogP) is 3.91. The van der Waals surface area contributed by atoms with Crippen molar-refractivity contribution in [1.29, 1.82) is 0 Å². The molecule has 0 spiro atoms. The third kappa shape index (κ3) is 3.16. The average Bonchev–Trinajstić information content (AvgIpc) is 2.87. The molecule has 2 aromatic rings. The van der Waals surface area contributed by atoms with E-state index in [1.165, 1.54) is 30.0 Å². The van der Waals surface area contributed by atoms with E-state index < -0.39 is 0 Å². The summed E-state index contributed by atoms with van der Waals surface area (Å²) < 4.78 is 0. The monoisotopic (exact) mass is 272 g/mol. The van der Waals surface area contributed by atoms with Crippen LogP contribution in [0.5, 0.6) is 0 Å². The van der Waals surface area contributed by atoms with E-state index in [2.05, 4.69) is 52.5 Å². The molecule has 0 bridgehead atoms. The Kier molecular flexibility index (Phi) is 3.83. The van der Waals surface area contributed by atoms with Gasteiger partial charge in [0.1, 0.15) is 0 Å². The molecule has 0 aliphatic carbocycles. The quantitative estimate of drug-likeness (QED) is 0.842. The number of nitrogens with zero attached hydrogens (tertiary/aromatic N) is 2. The van der Waals surface area contributed by atoms with Gasteiger partial charge in [0.15, 0.2) is 5.13 Å². The maximum atomic E-state index is 4.59. The molecule has 0 radical (unpaired) electrons. The van der Waals surface area contributed by atoms with Crippen LogP contribution in [0, 0.1) is 12.8 Å². The largest absolute Gasteiger partial charge is 0.348 e. The highest BCUT2D eigenvalue weighted by Crippen LogP contribution is 2.27. The second kappa shape index (κ2) is 5.74. The van der Waals surface area contributed by atoms with Gasteiger partial charge in [0.25, 0.3) is 0 Å². The van der Waals surface area contributed by atoms with Gasteiger partial charge in [-0.2, -0.15) is 0 Å². The number of benzene rings is 1. The van der Waals surface area contributed by atoms with Gasteiger partial charge in [0, 0.05) is 18.5 Å². The molecule has 100 valence electrons. The minimum atomic E-state index is 0.833. The molecule has 1 fully saturated rings. The number of aromatic nitrogens is 1. The van der Waals surface area contributed by atoms with Gasteiger partial charge < -0.3 is 4.90 Å². The van der Waals surface area contributed by atoms with E-state index in [-0.39, 0.29) is 0 Å². The van der Waals surface area contributed by atoms with E-state index in [0.717, 1.165) is 24.7 Å². The molecule has 2 heterocycles. The first-order chi connectivity index (χ1) is 9.31. The molecule has 19 heavy (non-hydrogen) atoms. The molecule has 2 nitrogen and oxygen atoms in total. The van der Waals surface area contributed by atoms with Crippen LogP contribution >= 0.6 is 11.3 Å². The van der Waals surface area contributed by atoms with Gasteiger partial charge in [-0.3, -0.25) is 0 Å². The molecular weight excluding hydrogens is 252 g/mol. The Hall–Kier alpha value is -1.35. The van der Waals surface area contributed by atoms with Crippen molar-refractivity contribution in [2.45, 2.75) is 26.2 Å². The highest BCUT2D eigenvalue weighted by molar-refractivity contribution is 7.13. The highest BCUT2D eigenvalue weighted by atomic mass is 32.1. The van der Waals surface area contributed by atoms with Crippen LogP contribution in [-0.4, -0.2) is 18.1 Å². The van der Waals surface area contributed by atoms with Crippen LogP contribution in [0.1, 0.15) is 24.1 Å². The van der Waals surface area contributed by atoms with E-state index in [4.69, 9.17) is 0 Å². The summed E-state index contributed by atoms with van der Waals surface area (Å²) in [6.45, 7) is 4.39. The van der Waals surface area contributed by atoms with Crippen molar-refractivity contribution in [2.24, 2.45) is 5.92 Å². The number of hydrogen-bond donors (Lipinski definition) is 0. The molecule has 0 N–H and O–H groups in total. The predicted molar refractivity (Wildman–Crippen MR) is 81.9 cm³/mol. The number of aryl methyl sites for hydroxylation is 1. The fraction of sp³-hybridized carbons (Fsp3) is 0.438. The molecule has 1 aromatic carbocycles. The van der Waals surface area contributed by atoms with Gasteiger partial charge >= 0.3 is 0 Å². The van der Waals surface area contributed by atoms with E-state index in [0.29, 0.717) is 0 Å². The summed E-state index contributed by atoms with van der Waals surface area (Å²) in [6.07, 6.45) is 3.80. The molecule has 0 atom stereocenters. The first-order valence-electron chi connectivity index (χ1n) is 7.02. The third-order valence-electron chi connectivity index (χ3n) is 3.86. The van der Waals surface area contributed by atoms with Crippen molar-refractivity contribution in [3.63, 3.8) is 0 Å². The average molecular weight is 272 g/mol. The van der Waals surface area contributed by atoms with Crippen LogP contribution in [0.15, 0.2) is 35.7 Å². The lowest BCUT2D eigenvalue weighted by molar-refractivity contribution is 0.403. The van der Waals surface area contributed by atoms with Crippen molar-refractivity contribution in [3.8, 4) is 0 Å². The lowest BCUT2D eigenvalue weighted by Crippen LogP contribution is -2.34. The lowest BCUT2D eigenvalue weighted by Gasteiger charge is -2.31. The molecule has 0 amide bonds.